The van der Waals surface area contributed by atoms with Gasteiger partial charge >= 0.3 is 0 Å². The van der Waals surface area contributed by atoms with Crippen LogP contribution >= 0.6 is 0 Å². The lowest BCUT2D eigenvalue weighted by molar-refractivity contribution is 0.142. The van der Waals surface area contributed by atoms with Crippen LogP contribution in [-0.4, -0.2) is 24.0 Å². The molecule has 0 radical (unpaired) electrons. The number of rotatable bonds is 3. The second kappa shape index (κ2) is 3.95. The minimum atomic E-state index is 0.391. The van der Waals surface area contributed by atoms with Gasteiger partial charge in [0.25, 0.3) is 0 Å². The van der Waals surface area contributed by atoms with Crippen molar-refractivity contribution in [1.29, 1.82) is 0 Å². The maximum absolute atomic E-state index is 5.71. The first-order valence-corrected chi connectivity index (χ1v) is 4.97. The van der Waals surface area contributed by atoms with E-state index in [1.165, 1.54) is 11.1 Å². The van der Waals surface area contributed by atoms with E-state index in [9.17, 15) is 0 Å². The van der Waals surface area contributed by atoms with Crippen molar-refractivity contribution in [1.82, 2.24) is 4.90 Å². The fourth-order valence-electron chi connectivity index (χ4n) is 1.76. The van der Waals surface area contributed by atoms with E-state index in [4.69, 9.17) is 5.73 Å². The first-order chi connectivity index (χ1) is 6.78. The van der Waals surface area contributed by atoms with Crippen molar-refractivity contribution < 1.29 is 0 Å². The highest BCUT2D eigenvalue weighted by Gasteiger charge is 2.22. The lowest BCUT2D eigenvalue weighted by Gasteiger charge is -2.36. The molecular weight excluding hydrogens is 172 g/mol. The highest BCUT2D eigenvalue weighted by molar-refractivity contribution is 5.47. The van der Waals surface area contributed by atoms with Gasteiger partial charge in [0.1, 0.15) is 0 Å². The van der Waals surface area contributed by atoms with Crippen molar-refractivity contribution in [2.45, 2.75) is 12.6 Å². The van der Waals surface area contributed by atoms with E-state index in [0.717, 1.165) is 19.6 Å². The lowest BCUT2D eigenvalue weighted by atomic mass is 10.1. The van der Waals surface area contributed by atoms with Crippen LogP contribution in [0.4, 0.5) is 0 Å². The molecule has 1 aromatic rings. The fourth-order valence-corrected chi connectivity index (χ4v) is 1.76. The van der Waals surface area contributed by atoms with Crippen LogP contribution in [0.25, 0.3) is 6.08 Å². The SMILES string of the molecule is C=Cc1ccc(CN2CC(N)C2)cc1. The summed E-state index contributed by atoms with van der Waals surface area (Å²) in [7, 11) is 0. The van der Waals surface area contributed by atoms with Gasteiger partial charge in [0.15, 0.2) is 0 Å². The summed E-state index contributed by atoms with van der Waals surface area (Å²) in [6.45, 7) is 6.81. The molecule has 0 saturated carbocycles. The Morgan fingerprint density at radius 2 is 2.00 bits per heavy atom. The Morgan fingerprint density at radius 1 is 1.36 bits per heavy atom. The summed E-state index contributed by atoms with van der Waals surface area (Å²) in [6, 6.07) is 8.90. The molecule has 0 spiro atoms. The smallest absolute Gasteiger partial charge is 0.0297 e. The number of hydrogen-bond acceptors (Lipinski definition) is 2. The normalized spacial score (nSPS) is 17.8. The van der Waals surface area contributed by atoms with Gasteiger partial charge in [-0.15, -0.1) is 0 Å². The molecule has 2 heteroatoms. The molecule has 2 N–H and O–H groups in total. The standard InChI is InChI=1S/C12H16N2/c1-2-10-3-5-11(6-4-10)7-14-8-12(13)9-14/h2-6,12H,1,7-9,13H2. The van der Waals surface area contributed by atoms with Crippen molar-refractivity contribution >= 4 is 6.08 Å². The summed E-state index contributed by atoms with van der Waals surface area (Å²) in [4.78, 5) is 2.35. The minimum Gasteiger partial charge on any atom is -0.325 e. The van der Waals surface area contributed by atoms with Crippen LogP contribution in [0, 0.1) is 0 Å². The quantitative estimate of drug-likeness (QED) is 0.778. The van der Waals surface area contributed by atoms with E-state index >= 15 is 0 Å². The fraction of sp³-hybridized carbons (Fsp3) is 0.333. The number of nitrogens with zero attached hydrogens (tertiary/aromatic N) is 1. The van der Waals surface area contributed by atoms with Crippen LogP contribution in [0.5, 0.6) is 0 Å². The van der Waals surface area contributed by atoms with Crippen molar-refractivity contribution in [2.75, 3.05) is 13.1 Å². The van der Waals surface area contributed by atoms with Gasteiger partial charge in [0.2, 0.25) is 0 Å². The minimum absolute atomic E-state index is 0.391. The Bertz CT molecular complexity index is 310. The third-order valence-corrected chi connectivity index (χ3v) is 2.61. The second-order valence-electron chi connectivity index (χ2n) is 3.90. The number of hydrogen-bond donors (Lipinski definition) is 1. The third-order valence-electron chi connectivity index (χ3n) is 2.61. The monoisotopic (exact) mass is 188 g/mol. The second-order valence-corrected chi connectivity index (χ2v) is 3.90. The topological polar surface area (TPSA) is 29.3 Å². The Hall–Kier alpha value is -1.12. The van der Waals surface area contributed by atoms with Crippen LogP contribution in [0.2, 0.25) is 0 Å². The summed E-state index contributed by atoms with van der Waals surface area (Å²) in [5.41, 5.74) is 8.24. The molecule has 1 fully saturated rings. The molecule has 74 valence electrons. The molecule has 0 aliphatic carbocycles. The zero-order valence-electron chi connectivity index (χ0n) is 8.32. The Labute approximate surface area is 85.0 Å². The van der Waals surface area contributed by atoms with Crippen molar-refractivity contribution in [2.24, 2.45) is 5.73 Å². The van der Waals surface area contributed by atoms with Gasteiger partial charge < -0.3 is 5.73 Å². The average Bonchev–Trinajstić information content (AvgIpc) is 2.17. The summed E-state index contributed by atoms with van der Waals surface area (Å²) >= 11 is 0. The van der Waals surface area contributed by atoms with E-state index in [2.05, 4.69) is 35.7 Å². The molecule has 14 heavy (non-hydrogen) atoms. The van der Waals surface area contributed by atoms with Gasteiger partial charge in [0, 0.05) is 25.7 Å². The molecule has 0 bridgehead atoms. The molecule has 2 nitrogen and oxygen atoms in total. The van der Waals surface area contributed by atoms with Crippen LogP contribution < -0.4 is 5.73 Å². The van der Waals surface area contributed by atoms with Gasteiger partial charge in [-0.1, -0.05) is 36.9 Å². The van der Waals surface area contributed by atoms with Gasteiger partial charge in [-0.05, 0) is 11.1 Å². The number of nitrogens with two attached hydrogens (primary N) is 1. The maximum atomic E-state index is 5.71. The summed E-state index contributed by atoms with van der Waals surface area (Å²) in [5, 5.41) is 0. The molecule has 0 aromatic heterocycles. The molecule has 1 aliphatic rings. The summed E-state index contributed by atoms with van der Waals surface area (Å²) in [6.07, 6.45) is 1.86. The predicted molar refractivity (Wildman–Crippen MR) is 59.8 cm³/mol. The number of likely N-dealkylation sites (tertiary alicyclic amines) is 1. The molecule has 0 atom stereocenters. The van der Waals surface area contributed by atoms with Gasteiger partial charge in [0.05, 0.1) is 0 Å². The Kier molecular flexibility index (Phi) is 2.66. The highest BCUT2D eigenvalue weighted by atomic mass is 15.2. The molecule has 1 aromatic carbocycles. The molecule has 2 rings (SSSR count). The molecular formula is C12H16N2. The summed E-state index contributed by atoms with van der Waals surface area (Å²) in [5.74, 6) is 0. The zero-order valence-corrected chi connectivity index (χ0v) is 8.32. The van der Waals surface area contributed by atoms with E-state index in [1.54, 1.807) is 0 Å². The lowest BCUT2D eigenvalue weighted by Crippen LogP contribution is -2.54. The van der Waals surface area contributed by atoms with E-state index in [1.807, 2.05) is 6.08 Å². The molecule has 1 saturated heterocycles. The average molecular weight is 188 g/mol. The first kappa shape index (κ1) is 9.44. The van der Waals surface area contributed by atoms with E-state index in [-0.39, 0.29) is 0 Å². The van der Waals surface area contributed by atoms with Crippen molar-refractivity contribution in [3.05, 3.63) is 42.0 Å². The maximum Gasteiger partial charge on any atom is 0.0297 e. The van der Waals surface area contributed by atoms with E-state index in [0.29, 0.717) is 6.04 Å². The predicted octanol–water partition coefficient (Wildman–Crippen LogP) is 1.47. The zero-order chi connectivity index (χ0) is 9.97. The van der Waals surface area contributed by atoms with Crippen LogP contribution in [-0.2, 0) is 6.54 Å². The van der Waals surface area contributed by atoms with Crippen molar-refractivity contribution in [3.8, 4) is 0 Å². The van der Waals surface area contributed by atoms with Gasteiger partial charge in [-0.3, -0.25) is 4.90 Å². The number of benzene rings is 1. The Morgan fingerprint density at radius 3 is 2.50 bits per heavy atom. The van der Waals surface area contributed by atoms with Crippen LogP contribution in [0.1, 0.15) is 11.1 Å². The van der Waals surface area contributed by atoms with Gasteiger partial charge in [-0.2, -0.15) is 0 Å². The van der Waals surface area contributed by atoms with Gasteiger partial charge in [-0.25, -0.2) is 0 Å². The van der Waals surface area contributed by atoms with Crippen LogP contribution in [0.15, 0.2) is 30.8 Å². The largest absolute Gasteiger partial charge is 0.325 e. The van der Waals surface area contributed by atoms with Crippen LogP contribution in [0.3, 0.4) is 0 Å². The third kappa shape index (κ3) is 2.03. The van der Waals surface area contributed by atoms with Crippen molar-refractivity contribution in [3.63, 3.8) is 0 Å². The molecule has 1 aliphatic heterocycles. The molecule has 0 unspecified atom stereocenters. The molecule has 0 amide bonds. The molecule has 1 heterocycles. The Balaban J connectivity index is 1.93. The summed E-state index contributed by atoms with van der Waals surface area (Å²) < 4.78 is 0. The van der Waals surface area contributed by atoms with E-state index < -0.39 is 0 Å². The highest BCUT2D eigenvalue weighted by Crippen LogP contribution is 2.12. The first-order valence-electron chi connectivity index (χ1n) is 4.97.